The molecule has 19 heavy (non-hydrogen) atoms. The Labute approximate surface area is 116 Å². The standard InChI is InChI=1S/C12H17N5OS/c1-4-7-18-11-9(13)5-6-10(14-11)19-12-16-15-8(2)17(12)3/h5-6H,4,7,13H2,1-3H3. The number of aromatic nitrogens is 4. The average molecular weight is 279 g/mol. The van der Waals surface area contributed by atoms with Gasteiger partial charge in [0, 0.05) is 7.05 Å². The Kier molecular flexibility index (Phi) is 4.26. The molecule has 0 bridgehead atoms. The van der Waals surface area contributed by atoms with Gasteiger partial charge in [-0.2, -0.15) is 0 Å². The number of rotatable bonds is 5. The Morgan fingerprint density at radius 1 is 1.37 bits per heavy atom. The van der Waals surface area contributed by atoms with Gasteiger partial charge in [-0.15, -0.1) is 10.2 Å². The van der Waals surface area contributed by atoms with Gasteiger partial charge in [0.05, 0.1) is 12.3 Å². The fraction of sp³-hybridized carbons (Fsp3) is 0.417. The molecule has 0 fully saturated rings. The second-order valence-corrected chi connectivity index (χ2v) is 5.07. The van der Waals surface area contributed by atoms with E-state index < -0.39 is 0 Å². The van der Waals surface area contributed by atoms with Crippen molar-refractivity contribution in [1.82, 2.24) is 19.7 Å². The van der Waals surface area contributed by atoms with Crippen LogP contribution in [-0.2, 0) is 7.05 Å². The molecular weight excluding hydrogens is 262 g/mol. The predicted molar refractivity (Wildman–Crippen MR) is 74.3 cm³/mol. The van der Waals surface area contributed by atoms with Crippen molar-refractivity contribution in [3.05, 3.63) is 18.0 Å². The summed E-state index contributed by atoms with van der Waals surface area (Å²) in [5.41, 5.74) is 6.38. The van der Waals surface area contributed by atoms with Crippen LogP contribution in [0.1, 0.15) is 19.2 Å². The number of aryl methyl sites for hydroxylation is 1. The highest BCUT2D eigenvalue weighted by Crippen LogP contribution is 2.28. The summed E-state index contributed by atoms with van der Waals surface area (Å²) in [4.78, 5) is 4.39. The minimum atomic E-state index is 0.478. The molecule has 0 saturated carbocycles. The van der Waals surface area contributed by atoms with Crippen molar-refractivity contribution < 1.29 is 4.74 Å². The molecule has 0 aliphatic rings. The first-order valence-electron chi connectivity index (χ1n) is 6.05. The largest absolute Gasteiger partial charge is 0.476 e. The molecule has 0 aliphatic carbocycles. The highest BCUT2D eigenvalue weighted by Gasteiger charge is 2.10. The maximum atomic E-state index is 5.83. The van der Waals surface area contributed by atoms with Crippen molar-refractivity contribution in [3.8, 4) is 5.88 Å². The van der Waals surface area contributed by atoms with E-state index in [0.717, 1.165) is 22.4 Å². The predicted octanol–water partition coefficient (Wildman–Crippen LogP) is 2.04. The lowest BCUT2D eigenvalue weighted by molar-refractivity contribution is 0.305. The van der Waals surface area contributed by atoms with E-state index in [1.54, 1.807) is 6.07 Å². The topological polar surface area (TPSA) is 78.9 Å². The zero-order valence-corrected chi connectivity index (χ0v) is 12.1. The molecule has 0 atom stereocenters. The first-order valence-corrected chi connectivity index (χ1v) is 6.86. The summed E-state index contributed by atoms with van der Waals surface area (Å²) in [6.45, 7) is 4.55. The van der Waals surface area contributed by atoms with Crippen LogP contribution in [0.15, 0.2) is 22.3 Å². The monoisotopic (exact) mass is 279 g/mol. The van der Waals surface area contributed by atoms with Gasteiger partial charge >= 0.3 is 0 Å². The molecule has 2 aromatic rings. The first kappa shape index (κ1) is 13.7. The highest BCUT2D eigenvalue weighted by molar-refractivity contribution is 7.99. The third kappa shape index (κ3) is 3.17. The van der Waals surface area contributed by atoms with Crippen LogP contribution in [-0.4, -0.2) is 26.4 Å². The molecule has 6 nitrogen and oxygen atoms in total. The van der Waals surface area contributed by atoms with Crippen molar-refractivity contribution in [2.75, 3.05) is 12.3 Å². The van der Waals surface area contributed by atoms with Crippen LogP contribution >= 0.6 is 11.8 Å². The summed E-state index contributed by atoms with van der Waals surface area (Å²) in [5, 5.41) is 9.67. The van der Waals surface area contributed by atoms with Crippen LogP contribution in [0, 0.1) is 6.92 Å². The van der Waals surface area contributed by atoms with Gasteiger partial charge in [-0.05, 0) is 37.2 Å². The van der Waals surface area contributed by atoms with Gasteiger partial charge in [0.15, 0.2) is 5.16 Å². The Balaban J connectivity index is 2.19. The number of nitrogen functional groups attached to an aromatic ring is 1. The van der Waals surface area contributed by atoms with Gasteiger partial charge in [-0.25, -0.2) is 4.98 Å². The molecule has 2 aromatic heterocycles. The van der Waals surface area contributed by atoms with Crippen LogP contribution in [0.25, 0.3) is 0 Å². The van der Waals surface area contributed by atoms with E-state index in [2.05, 4.69) is 15.2 Å². The van der Waals surface area contributed by atoms with Crippen molar-refractivity contribution in [2.24, 2.45) is 7.05 Å². The summed E-state index contributed by atoms with van der Waals surface area (Å²) in [6.07, 6.45) is 0.918. The lowest BCUT2D eigenvalue weighted by atomic mass is 10.4. The fourth-order valence-corrected chi connectivity index (χ4v) is 2.18. The lowest BCUT2D eigenvalue weighted by Crippen LogP contribution is -2.02. The molecule has 0 amide bonds. The van der Waals surface area contributed by atoms with Crippen molar-refractivity contribution in [3.63, 3.8) is 0 Å². The zero-order chi connectivity index (χ0) is 13.8. The summed E-state index contributed by atoms with van der Waals surface area (Å²) in [7, 11) is 1.92. The summed E-state index contributed by atoms with van der Waals surface area (Å²) < 4.78 is 7.42. The van der Waals surface area contributed by atoms with Gasteiger partial charge in [0.1, 0.15) is 10.9 Å². The van der Waals surface area contributed by atoms with Crippen molar-refractivity contribution >= 4 is 17.4 Å². The van der Waals surface area contributed by atoms with E-state index >= 15 is 0 Å². The number of anilines is 1. The summed E-state index contributed by atoms with van der Waals surface area (Å²) in [5.74, 6) is 1.34. The van der Waals surface area contributed by atoms with Crippen LogP contribution in [0.4, 0.5) is 5.69 Å². The molecule has 102 valence electrons. The number of pyridine rings is 1. The van der Waals surface area contributed by atoms with Crippen molar-refractivity contribution in [1.29, 1.82) is 0 Å². The van der Waals surface area contributed by atoms with E-state index in [1.165, 1.54) is 11.8 Å². The minimum Gasteiger partial charge on any atom is -0.476 e. The maximum Gasteiger partial charge on any atom is 0.238 e. The van der Waals surface area contributed by atoms with Crippen LogP contribution in [0.5, 0.6) is 5.88 Å². The molecule has 0 spiro atoms. The Bertz CT molecular complexity index is 569. The Morgan fingerprint density at radius 2 is 2.16 bits per heavy atom. The van der Waals surface area contributed by atoms with Gasteiger partial charge in [0.25, 0.3) is 0 Å². The normalized spacial score (nSPS) is 10.7. The van der Waals surface area contributed by atoms with Crippen LogP contribution in [0.3, 0.4) is 0 Å². The smallest absolute Gasteiger partial charge is 0.238 e. The van der Waals surface area contributed by atoms with Gasteiger partial charge < -0.3 is 15.0 Å². The third-order valence-electron chi connectivity index (χ3n) is 2.56. The Morgan fingerprint density at radius 3 is 2.79 bits per heavy atom. The molecule has 2 heterocycles. The summed E-state index contributed by atoms with van der Waals surface area (Å²) in [6, 6.07) is 3.65. The summed E-state index contributed by atoms with van der Waals surface area (Å²) >= 11 is 1.43. The molecule has 2 N–H and O–H groups in total. The second-order valence-electron chi connectivity index (χ2n) is 4.08. The highest BCUT2D eigenvalue weighted by atomic mass is 32.2. The van der Waals surface area contributed by atoms with E-state index in [9.17, 15) is 0 Å². The number of nitrogens with two attached hydrogens (primary N) is 1. The van der Waals surface area contributed by atoms with E-state index in [-0.39, 0.29) is 0 Å². The SMILES string of the molecule is CCCOc1nc(Sc2nnc(C)n2C)ccc1N. The minimum absolute atomic E-state index is 0.478. The maximum absolute atomic E-state index is 5.83. The molecular formula is C12H17N5OS. The number of hydrogen-bond acceptors (Lipinski definition) is 6. The third-order valence-corrected chi connectivity index (χ3v) is 3.53. The van der Waals surface area contributed by atoms with E-state index in [0.29, 0.717) is 18.2 Å². The van der Waals surface area contributed by atoms with Crippen LogP contribution in [0.2, 0.25) is 0 Å². The Hall–Kier alpha value is -1.76. The van der Waals surface area contributed by atoms with Gasteiger partial charge in [-0.3, -0.25) is 0 Å². The quantitative estimate of drug-likeness (QED) is 0.902. The first-order chi connectivity index (χ1) is 9.11. The number of ether oxygens (including phenoxy) is 1. The van der Waals surface area contributed by atoms with E-state index in [1.807, 2.05) is 31.5 Å². The molecule has 0 unspecified atom stereocenters. The number of nitrogens with zero attached hydrogens (tertiary/aromatic N) is 4. The molecule has 0 saturated heterocycles. The van der Waals surface area contributed by atoms with Crippen molar-refractivity contribution in [2.45, 2.75) is 30.5 Å². The van der Waals surface area contributed by atoms with Gasteiger partial charge in [-0.1, -0.05) is 6.92 Å². The fourth-order valence-electron chi connectivity index (χ4n) is 1.38. The molecule has 0 aliphatic heterocycles. The molecule has 7 heteroatoms. The lowest BCUT2D eigenvalue weighted by Gasteiger charge is -2.08. The molecule has 2 rings (SSSR count). The second kappa shape index (κ2) is 5.92. The molecule has 0 aromatic carbocycles. The van der Waals surface area contributed by atoms with E-state index in [4.69, 9.17) is 10.5 Å². The number of hydrogen-bond donors (Lipinski definition) is 1. The molecule has 0 radical (unpaired) electrons. The average Bonchev–Trinajstić information content (AvgIpc) is 2.71. The van der Waals surface area contributed by atoms with Crippen LogP contribution < -0.4 is 10.5 Å². The van der Waals surface area contributed by atoms with Gasteiger partial charge in [0.2, 0.25) is 5.88 Å². The zero-order valence-electron chi connectivity index (χ0n) is 11.3.